The Hall–Kier alpha value is -0.310. The predicted molar refractivity (Wildman–Crippen MR) is 63.4 cm³/mol. The third kappa shape index (κ3) is 3.12. The second kappa shape index (κ2) is 5.54. The summed E-state index contributed by atoms with van der Waals surface area (Å²) in [5, 5.41) is 4.35. The van der Waals surface area contributed by atoms with Crippen molar-refractivity contribution in [2.75, 3.05) is 0 Å². The van der Waals surface area contributed by atoms with Gasteiger partial charge in [0.1, 0.15) is 0 Å². The summed E-state index contributed by atoms with van der Waals surface area (Å²) in [6.07, 6.45) is 5.44. The molecule has 2 nitrogen and oxygen atoms in total. The zero-order chi connectivity index (χ0) is 10.6. The fourth-order valence-electron chi connectivity index (χ4n) is 1.58. The van der Waals surface area contributed by atoms with Crippen LogP contribution in [0.2, 0.25) is 0 Å². The van der Waals surface area contributed by atoms with Crippen molar-refractivity contribution in [3.8, 4) is 0 Å². The van der Waals surface area contributed by atoms with Gasteiger partial charge in [-0.25, -0.2) is 0 Å². The van der Waals surface area contributed by atoms with Gasteiger partial charge in [0.25, 0.3) is 0 Å². The summed E-state index contributed by atoms with van der Waals surface area (Å²) in [5.74, 6) is 0.791. The maximum atomic E-state index is 4.35. The second-order valence-corrected chi connectivity index (χ2v) is 4.91. The van der Waals surface area contributed by atoms with E-state index in [0.29, 0.717) is 0 Å². The van der Waals surface area contributed by atoms with Crippen molar-refractivity contribution in [2.45, 2.75) is 46.6 Å². The Morgan fingerprint density at radius 3 is 2.79 bits per heavy atom. The van der Waals surface area contributed by atoms with E-state index < -0.39 is 0 Å². The van der Waals surface area contributed by atoms with E-state index in [1.54, 1.807) is 0 Å². The summed E-state index contributed by atoms with van der Waals surface area (Å²) >= 11 is 3.51. The van der Waals surface area contributed by atoms with Gasteiger partial charge in [0, 0.05) is 6.54 Å². The Morgan fingerprint density at radius 1 is 1.50 bits per heavy atom. The fraction of sp³-hybridized carbons (Fsp3) is 0.727. The molecule has 0 atom stereocenters. The van der Waals surface area contributed by atoms with E-state index in [1.807, 2.05) is 6.20 Å². The smallest absolute Gasteiger partial charge is 0.0635 e. The molecule has 1 rings (SSSR count). The first-order chi connectivity index (χ1) is 6.65. The van der Waals surface area contributed by atoms with Gasteiger partial charge in [-0.1, -0.05) is 20.8 Å². The molecule has 0 bridgehead atoms. The molecule has 0 aliphatic rings. The van der Waals surface area contributed by atoms with Crippen LogP contribution >= 0.6 is 15.9 Å². The largest absolute Gasteiger partial charge is 0.268 e. The average molecular weight is 259 g/mol. The van der Waals surface area contributed by atoms with Crippen LogP contribution in [-0.4, -0.2) is 9.78 Å². The summed E-state index contributed by atoms with van der Waals surface area (Å²) in [4.78, 5) is 0. The summed E-state index contributed by atoms with van der Waals surface area (Å²) in [6, 6.07) is 0. The molecule has 0 aliphatic carbocycles. The maximum Gasteiger partial charge on any atom is 0.0635 e. The molecule has 0 saturated heterocycles. The van der Waals surface area contributed by atoms with Crippen LogP contribution in [0.15, 0.2) is 10.7 Å². The molecule has 0 saturated carbocycles. The Balaban J connectivity index is 2.50. The molecule has 0 aliphatic heterocycles. The van der Waals surface area contributed by atoms with E-state index >= 15 is 0 Å². The molecular weight excluding hydrogens is 240 g/mol. The molecule has 0 unspecified atom stereocenters. The number of aryl methyl sites for hydroxylation is 1. The zero-order valence-corrected chi connectivity index (χ0v) is 10.8. The minimum Gasteiger partial charge on any atom is -0.268 e. The van der Waals surface area contributed by atoms with Gasteiger partial charge in [-0.2, -0.15) is 5.10 Å². The summed E-state index contributed by atoms with van der Waals surface area (Å²) in [6.45, 7) is 7.74. The van der Waals surface area contributed by atoms with Gasteiger partial charge >= 0.3 is 0 Å². The summed E-state index contributed by atoms with van der Waals surface area (Å²) < 4.78 is 3.26. The van der Waals surface area contributed by atoms with Crippen LogP contribution in [0.25, 0.3) is 0 Å². The van der Waals surface area contributed by atoms with Gasteiger partial charge in [-0.15, -0.1) is 0 Å². The quantitative estimate of drug-likeness (QED) is 0.789. The van der Waals surface area contributed by atoms with E-state index in [4.69, 9.17) is 0 Å². The van der Waals surface area contributed by atoms with Crippen LogP contribution in [0.4, 0.5) is 0 Å². The lowest BCUT2D eigenvalue weighted by Crippen LogP contribution is -2.05. The first-order valence-electron chi connectivity index (χ1n) is 5.35. The van der Waals surface area contributed by atoms with Crippen LogP contribution in [0.3, 0.4) is 0 Å². The summed E-state index contributed by atoms with van der Waals surface area (Å²) in [5.41, 5.74) is 1.31. The molecule has 0 spiro atoms. The van der Waals surface area contributed by atoms with Crippen molar-refractivity contribution in [3.05, 3.63) is 16.4 Å². The van der Waals surface area contributed by atoms with Crippen molar-refractivity contribution >= 4 is 15.9 Å². The van der Waals surface area contributed by atoms with E-state index in [9.17, 15) is 0 Å². The molecule has 3 heteroatoms. The number of rotatable bonds is 5. The van der Waals surface area contributed by atoms with Crippen molar-refractivity contribution in [1.29, 1.82) is 0 Å². The summed E-state index contributed by atoms with van der Waals surface area (Å²) in [7, 11) is 0. The van der Waals surface area contributed by atoms with E-state index in [1.165, 1.54) is 18.5 Å². The standard InChI is InChI=1S/C11H19BrN2/c1-4-11-10(12)8-13-14(11)7-5-6-9(2)3/h8-9H,4-7H2,1-3H3. The highest BCUT2D eigenvalue weighted by Crippen LogP contribution is 2.17. The number of aromatic nitrogens is 2. The molecule has 0 N–H and O–H groups in total. The van der Waals surface area contributed by atoms with Crippen molar-refractivity contribution < 1.29 is 0 Å². The Bertz CT molecular complexity index is 279. The zero-order valence-electron chi connectivity index (χ0n) is 9.26. The first kappa shape index (κ1) is 11.8. The van der Waals surface area contributed by atoms with Gasteiger partial charge in [0.15, 0.2) is 0 Å². The van der Waals surface area contributed by atoms with Crippen LogP contribution in [0.5, 0.6) is 0 Å². The fourth-order valence-corrected chi connectivity index (χ4v) is 2.16. The molecule has 0 aromatic carbocycles. The van der Waals surface area contributed by atoms with Crippen LogP contribution < -0.4 is 0 Å². The maximum absolute atomic E-state index is 4.35. The molecule has 80 valence electrons. The topological polar surface area (TPSA) is 17.8 Å². The highest BCUT2D eigenvalue weighted by Gasteiger charge is 2.05. The van der Waals surface area contributed by atoms with Gasteiger partial charge in [0.05, 0.1) is 16.4 Å². The van der Waals surface area contributed by atoms with E-state index in [2.05, 4.69) is 46.5 Å². The Kier molecular flexibility index (Phi) is 4.66. The monoisotopic (exact) mass is 258 g/mol. The number of nitrogens with zero attached hydrogens (tertiary/aromatic N) is 2. The Morgan fingerprint density at radius 2 is 2.21 bits per heavy atom. The number of halogens is 1. The molecular formula is C11H19BrN2. The minimum atomic E-state index is 0.791. The minimum absolute atomic E-state index is 0.791. The number of hydrogen-bond donors (Lipinski definition) is 0. The van der Waals surface area contributed by atoms with Crippen LogP contribution in [0.1, 0.15) is 39.3 Å². The van der Waals surface area contributed by atoms with E-state index in [0.717, 1.165) is 23.4 Å². The van der Waals surface area contributed by atoms with Gasteiger partial charge < -0.3 is 0 Å². The molecule has 1 aromatic heterocycles. The molecule has 0 amide bonds. The second-order valence-electron chi connectivity index (χ2n) is 4.05. The third-order valence-corrected chi connectivity index (χ3v) is 3.05. The third-order valence-electron chi connectivity index (χ3n) is 2.38. The first-order valence-corrected chi connectivity index (χ1v) is 6.14. The molecule has 1 heterocycles. The normalized spacial score (nSPS) is 11.2. The van der Waals surface area contributed by atoms with Gasteiger partial charge in [0.2, 0.25) is 0 Å². The average Bonchev–Trinajstić information content (AvgIpc) is 2.46. The molecule has 1 aromatic rings. The highest BCUT2D eigenvalue weighted by molar-refractivity contribution is 9.10. The molecule has 0 radical (unpaired) electrons. The van der Waals surface area contributed by atoms with Crippen molar-refractivity contribution in [1.82, 2.24) is 9.78 Å². The molecule has 14 heavy (non-hydrogen) atoms. The van der Waals surface area contributed by atoms with Crippen LogP contribution in [0, 0.1) is 5.92 Å². The van der Waals surface area contributed by atoms with Crippen LogP contribution in [-0.2, 0) is 13.0 Å². The van der Waals surface area contributed by atoms with Gasteiger partial charge in [-0.05, 0) is 41.1 Å². The van der Waals surface area contributed by atoms with Gasteiger partial charge in [-0.3, -0.25) is 4.68 Å². The van der Waals surface area contributed by atoms with E-state index in [-0.39, 0.29) is 0 Å². The lowest BCUT2D eigenvalue weighted by atomic mass is 10.1. The van der Waals surface area contributed by atoms with Crippen molar-refractivity contribution in [3.63, 3.8) is 0 Å². The highest BCUT2D eigenvalue weighted by atomic mass is 79.9. The molecule has 0 fully saturated rings. The van der Waals surface area contributed by atoms with Crippen molar-refractivity contribution in [2.24, 2.45) is 5.92 Å². The lowest BCUT2D eigenvalue weighted by molar-refractivity contribution is 0.481. The number of hydrogen-bond acceptors (Lipinski definition) is 1. The lowest BCUT2D eigenvalue weighted by Gasteiger charge is -2.07. The SMILES string of the molecule is CCc1c(Br)cnn1CCCC(C)C. The Labute approximate surface area is 94.8 Å². The predicted octanol–water partition coefficient (Wildman–Crippen LogP) is 3.64.